The van der Waals surface area contributed by atoms with Crippen molar-refractivity contribution in [3.8, 4) is 0 Å². The molecule has 0 unspecified atom stereocenters. The average Bonchev–Trinajstić information content (AvgIpc) is 2.17. The van der Waals surface area contributed by atoms with E-state index in [1.807, 2.05) is 20.8 Å². The number of nitro groups is 1. The molecule has 82 valence electrons. The SMILES string of the molecule is Cc1ccc([N+](=O)[O-])cc1C(C)(C)CO. The van der Waals surface area contributed by atoms with Gasteiger partial charge in [-0.05, 0) is 18.1 Å². The Labute approximate surface area is 88.7 Å². The summed E-state index contributed by atoms with van der Waals surface area (Å²) in [6, 6.07) is 4.72. The number of hydrogen-bond acceptors (Lipinski definition) is 3. The Morgan fingerprint density at radius 3 is 2.53 bits per heavy atom. The van der Waals surface area contributed by atoms with Crippen LogP contribution in [-0.4, -0.2) is 16.6 Å². The van der Waals surface area contributed by atoms with Crippen LogP contribution in [0.2, 0.25) is 0 Å². The predicted octanol–water partition coefficient (Wildman–Crippen LogP) is 2.17. The van der Waals surface area contributed by atoms with Crippen molar-refractivity contribution in [2.45, 2.75) is 26.2 Å². The van der Waals surface area contributed by atoms with Crippen LogP contribution in [0, 0.1) is 17.0 Å². The predicted molar refractivity (Wildman–Crippen MR) is 57.9 cm³/mol. The molecule has 0 saturated heterocycles. The molecule has 0 spiro atoms. The van der Waals surface area contributed by atoms with Crippen LogP contribution in [0.1, 0.15) is 25.0 Å². The number of rotatable bonds is 3. The highest BCUT2D eigenvalue weighted by molar-refractivity contribution is 5.42. The molecule has 0 fully saturated rings. The molecule has 1 rings (SSSR count). The first-order chi connectivity index (χ1) is 6.88. The van der Waals surface area contributed by atoms with Crippen molar-refractivity contribution >= 4 is 5.69 Å². The summed E-state index contributed by atoms with van der Waals surface area (Å²) >= 11 is 0. The summed E-state index contributed by atoms with van der Waals surface area (Å²) in [6.07, 6.45) is 0. The maximum atomic E-state index is 10.6. The molecule has 15 heavy (non-hydrogen) atoms. The zero-order valence-electron chi connectivity index (χ0n) is 9.15. The Bertz CT molecular complexity index is 385. The number of aliphatic hydroxyl groups excluding tert-OH is 1. The van der Waals surface area contributed by atoms with Crippen molar-refractivity contribution in [2.75, 3.05) is 6.61 Å². The van der Waals surface area contributed by atoms with Gasteiger partial charge in [0.25, 0.3) is 5.69 Å². The van der Waals surface area contributed by atoms with E-state index in [2.05, 4.69) is 0 Å². The molecule has 4 nitrogen and oxygen atoms in total. The lowest BCUT2D eigenvalue weighted by atomic mass is 9.82. The molecule has 0 aliphatic rings. The van der Waals surface area contributed by atoms with Gasteiger partial charge in [0.15, 0.2) is 0 Å². The number of aryl methyl sites for hydroxylation is 1. The molecule has 0 aromatic heterocycles. The van der Waals surface area contributed by atoms with Crippen LogP contribution >= 0.6 is 0 Å². The molecule has 0 bridgehead atoms. The second kappa shape index (κ2) is 3.98. The van der Waals surface area contributed by atoms with Crippen LogP contribution in [0.4, 0.5) is 5.69 Å². The number of nitro benzene ring substituents is 1. The second-order valence-electron chi connectivity index (χ2n) is 4.30. The van der Waals surface area contributed by atoms with Gasteiger partial charge in [-0.1, -0.05) is 19.9 Å². The molecule has 0 radical (unpaired) electrons. The zero-order chi connectivity index (χ0) is 11.6. The highest BCUT2D eigenvalue weighted by atomic mass is 16.6. The largest absolute Gasteiger partial charge is 0.395 e. The third-order valence-electron chi connectivity index (χ3n) is 2.56. The van der Waals surface area contributed by atoms with Gasteiger partial charge in [0.2, 0.25) is 0 Å². The van der Waals surface area contributed by atoms with E-state index in [9.17, 15) is 15.2 Å². The fourth-order valence-electron chi connectivity index (χ4n) is 1.54. The van der Waals surface area contributed by atoms with Crippen molar-refractivity contribution in [1.82, 2.24) is 0 Å². The summed E-state index contributed by atoms with van der Waals surface area (Å²) in [5.41, 5.74) is 1.40. The molecular formula is C11H15NO3. The third-order valence-corrected chi connectivity index (χ3v) is 2.56. The van der Waals surface area contributed by atoms with E-state index in [4.69, 9.17) is 0 Å². The van der Waals surface area contributed by atoms with Crippen LogP contribution in [0.25, 0.3) is 0 Å². The maximum absolute atomic E-state index is 10.6. The van der Waals surface area contributed by atoms with Crippen LogP contribution in [-0.2, 0) is 5.41 Å². The molecule has 1 N–H and O–H groups in total. The van der Waals surface area contributed by atoms with Gasteiger partial charge in [0.1, 0.15) is 0 Å². The Kier molecular flexibility index (Phi) is 3.09. The van der Waals surface area contributed by atoms with Gasteiger partial charge < -0.3 is 5.11 Å². The van der Waals surface area contributed by atoms with E-state index in [0.717, 1.165) is 11.1 Å². The Morgan fingerprint density at radius 1 is 1.47 bits per heavy atom. The van der Waals surface area contributed by atoms with Crippen LogP contribution in [0.15, 0.2) is 18.2 Å². The number of aliphatic hydroxyl groups is 1. The van der Waals surface area contributed by atoms with Crippen LogP contribution in [0.3, 0.4) is 0 Å². The van der Waals surface area contributed by atoms with Gasteiger partial charge in [-0.25, -0.2) is 0 Å². The molecule has 0 amide bonds. The van der Waals surface area contributed by atoms with Crippen molar-refractivity contribution in [2.24, 2.45) is 0 Å². The van der Waals surface area contributed by atoms with Crippen molar-refractivity contribution in [3.05, 3.63) is 39.4 Å². The van der Waals surface area contributed by atoms with Crippen molar-refractivity contribution in [1.29, 1.82) is 0 Å². The molecule has 1 aromatic carbocycles. The first-order valence-electron chi connectivity index (χ1n) is 4.75. The molecule has 4 heteroatoms. The lowest BCUT2D eigenvalue weighted by Gasteiger charge is -2.24. The summed E-state index contributed by atoms with van der Waals surface area (Å²) in [4.78, 5) is 10.2. The monoisotopic (exact) mass is 209 g/mol. The van der Waals surface area contributed by atoms with E-state index in [-0.39, 0.29) is 12.3 Å². The summed E-state index contributed by atoms with van der Waals surface area (Å²) in [7, 11) is 0. The van der Waals surface area contributed by atoms with E-state index in [0.29, 0.717) is 0 Å². The van der Waals surface area contributed by atoms with Gasteiger partial charge in [-0.15, -0.1) is 0 Å². The van der Waals surface area contributed by atoms with E-state index < -0.39 is 10.3 Å². The molecule has 1 aromatic rings. The Hall–Kier alpha value is -1.42. The third kappa shape index (κ3) is 2.33. The van der Waals surface area contributed by atoms with E-state index in [1.54, 1.807) is 6.07 Å². The molecule has 0 saturated carbocycles. The smallest absolute Gasteiger partial charge is 0.269 e. The lowest BCUT2D eigenvalue weighted by Crippen LogP contribution is -2.23. The minimum Gasteiger partial charge on any atom is -0.395 e. The molecule has 0 atom stereocenters. The first-order valence-corrected chi connectivity index (χ1v) is 4.75. The van der Waals surface area contributed by atoms with E-state index in [1.165, 1.54) is 12.1 Å². The standard InChI is InChI=1S/C11H15NO3/c1-8-4-5-9(12(14)15)6-10(8)11(2,3)7-13/h4-6,13H,7H2,1-3H3. The number of nitrogens with zero attached hydrogens (tertiary/aromatic N) is 1. The minimum atomic E-state index is -0.448. The topological polar surface area (TPSA) is 63.4 Å². The van der Waals surface area contributed by atoms with Crippen LogP contribution < -0.4 is 0 Å². The fourth-order valence-corrected chi connectivity index (χ4v) is 1.54. The summed E-state index contributed by atoms with van der Waals surface area (Å²) < 4.78 is 0. The number of non-ortho nitro benzene ring substituents is 1. The second-order valence-corrected chi connectivity index (χ2v) is 4.30. The lowest BCUT2D eigenvalue weighted by molar-refractivity contribution is -0.385. The highest BCUT2D eigenvalue weighted by Gasteiger charge is 2.23. The van der Waals surface area contributed by atoms with Crippen molar-refractivity contribution < 1.29 is 10.0 Å². The quantitative estimate of drug-likeness (QED) is 0.613. The number of hydrogen-bond donors (Lipinski definition) is 1. The molecule has 0 aliphatic carbocycles. The highest BCUT2D eigenvalue weighted by Crippen LogP contribution is 2.28. The zero-order valence-corrected chi connectivity index (χ0v) is 9.15. The number of benzene rings is 1. The minimum absolute atomic E-state index is 0.0327. The molecule has 0 heterocycles. The van der Waals surface area contributed by atoms with Gasteiger partial charge in [-0.2, -0.15) is 0 Å². The first kappa shape index (κ1) is 11.7. The molecular weight excluding hydrogens is 194 g/mol. The fraction of sp³-hybridized carbons (Fsp3) is 0.455. The van der Waals surface area contributed by atoms with Gasteiger partial charge in [0.05, 0.1) is 11.5 Å². The summed E-state index contributed by atoms with van der Waals surface area (Å²) in [5, 5.41) is 19.9. The summed E-state index contributed by atoms with van der Waals surface area (Å²) in [6.45, 7) is 5.57. The average molecular weight is 209 g/mol. The summed E-state index contributed by atoms with van der Waals surface area (Å²) in [5.74, 6) is 0. The normalized spacial score (nSPS) is 11.5. The van der Waals surface area contributed by atoms with Gasteiger partial charge in [0, 0.05) is 17.5 Å². The van der Waals surface area contributed by atoms with Gasteiger partial charge >= 0.3 is 0 Å². The Morgan fingerprint density at radius 2 is 2.07 bits per heavy atom. The molecule has 0 aliphatic heterocycles. The van der Waals surface area contributed by atoms with Crippen molar-refractivity contribution in [3.63, 3.8) is 0 Å². The Balaban J connectivity index is 3.28. The van der Waals surface area contributed by atoms with Crippen LogP contribution in [0.5, 0.6) is 0 Å². The maximum Gasteiger partial charge on any atom is 0.269 e. The van der Waals surface area contributed by atoms with Gasteiger partial charge in [-0.3, -0.25) is 10.1 Å². The van der Waals surface area contributed by atoms with E-state index >= 15 is 0 Å².